The minimum atomic E-state index is -0.404. The molecule has 0 spiro atoms. The molecule has 0 aliphatic heterocycles. The van der Waals surface area contributed by atoms with E-state index < -0.39 is 5.82 Å². The molecule has 0 saturated carbocycles. The Bertz CT molecular complexity index is 321. The quantitative estimate of drug-likeness (QED) is 0.706. The van der Waals surface area contributed by atoms with Crippen LogP contribution in [0.15, 0.2) is 21.5 Å². The number of halogens is 2. The van der Waals surface area contributed by atoms with Crippen LogP contribution in [0.2, 0.25) is 0 Å². The molecule has 2 nitrogen and oxygen atoms in total. The minimum Gasteiger partial charge on any atom is -0.312 e. The zero-order chi connectivity index (χ0) is 8.43. The molecular formula is C7H7BrFNO. The highest BCUT2D eigenvalue weighted by molar-refractivity contribution is 9.10. The molecule has 0 N–H and O–H groups in total. The number of pyridine rings is 1. The second kappa shape index (κ2) is 3.17. The number of aryl methyl sites for hydroxylation is 1. The smallest absolute Gasteiger partial charge is 0.265 e. The molecule has 1 heterocycles. The summed E-state index contributed by atoms with van der Waals surface area (Å²) in [6, 6.07) is 1.16. The molecule has 60 valence electrons. The fraction of sp³-hybridized carbons (Fsp3) is 0.286. The first-order valence-electron chi connectivity index (χ1n) is 3.20. The lowest BCUT2D eigenvalue weighted by atomic mass is 10.4. The fourth-order valence-corrected chi connectivity index (χ4v) is 1.25. The maximum atomic E-state index is 12.6. The van der Waals surface area contributed by atoms with Gasteiger partial charge < -0.3 is 4.57 Å². The van der Waals surface area contributed by atoms with Crippen LogP contribution in [0.4, 0.5) is 4.39 Å². The van der Waals surface area contributed by atoms with Gasteiger partial charge in [-0.3, -0.25) is 4.79 Å². The second-order valence-corrected chi connectivity index (χ2v) is 2.95. The topological polar surface area (TPSA) is 22.0 Å². The van der Waals surface area contributed by atoms with Gasteiger partial charge >= 0.3 is 0 Å². The van der Waals surface area contributed by atoms with E-state index in [0.29, 0.717) is 6.54 Å². The Kier molecular flexibility index (Phi) is 2.44. The van der Waals surface area contributed by atoms with Crippen molar-refractivity contribution in [1.82, 2.24) is 4.57 Å². The summed E-state index contributed by atoms with van der Waals surface area (Å²) in [6.07, 6.45) is 1.19. The summed E-state index contributed by atoms with van der Waals surface area (Å²) >= 11 is 2.96. The predicted octanol–water partition coefficient (Wildman–Crippen LogP) is 1.77. The molecule has 0 aromatic carbocycles. The molecule has 11 heavy (non-hydrogen) atoms. The van der Waals surface area contributed by atoms with Crippen LogP contribution in [0.1, 0.15) is 6.92 Å². The summed E-state index contributed by atoms with van der Waals surface area (Å²) in [5, 5.41) is 0. The Morgan fingerprint density at radius 1 is 1.73 bits per heavy atom. The molecule has 1 rings (SSSR count). The van der Waals surface area contributed by atoms with Crippen LogP contribution in [0, 0.1) is 5.82 Å². The normalized spacial score (nSPS) is 10.1. The van der Waals surface area contributed by atoms with Crippen molar-refractivity contribution in [2.45, 2.75) is 13.5 Å². The van der Waals surface area contributed by atoms with Crippen molar-refractivity contribution in [2.24, 2.45) is 0 Å². The van der Waals surface area contributed by atoms with Crippen molar-refractivity contribution in [3.8, 4) is 0 Å². The van der Waals surface area contributed by atoms with Gasteiger partial charge in [-0.15, -0.1) is 0 Å². The highest BCUT2D eigenvalue weighted by Gasteiger charge is 2.01. The SMILES string of the molecule is CCn1cc(F)cc(Br)c1=O. The van der Waals surface area contributed by atoms with Gasteiger partial charge in [0.1, 0.15) is 5.82 Å². The molecule has 0 unspecified atom stereocenters. The molecule has 4 heteroatoms. The lowest BCUT2D eigenvalue weighted by molar-refractivity contribution is 0.588. The van der Waals surface area contributed by atoms with Gasteiger partial charge in [-0.1, -0.05) is 0 Å². The van der Waals surface area contributed by atoms with Crippen molar-refractivity contribution < 1.29 is 4.39 Å². The molecule has 0 amide bonds. The Labute approximate surface area is 71.8 Å². The number of nitrogens with zero attached hydrogens (tertiary/aromatic N) is 1. The molecule has 0 bridgehead atoms. The van der Waals surface area contributed by atoms with Gasteiger partial charge in [0.25, 0.3) is 5.56 Å². The summed E-state index contributed by atoms with van der Waals surface area (Å²) in [4.78, 5) is 11.1. The predicted molar refractivity (Wildman–Crippen MR) is 44.0 cm³/mol. The average molecular weight is 220 g/mol. The van der Waals surface area contributed by atoms with Gasteiger partial charge in [0.15, 0.2) is 0 Å². The van der Waals surface area contributed by atoms with E-state index in [4.69, 9.17) is 0 Å². The van der Waals surface area contributed by atoms with E-state index in [1.54, 1.807) is 6.92 Å². The van der Waals surface area contributed by atoms with Gasteiger partial charge in [-0.25, -0.2) is 4.39 Å². The second-order valence-electron chi connectivity index (χ2n) is 2.10. The molecule has 0 aliphatic rings. The number of rotatable bonds is 1. The van der Waals surface area contributed by atoms with Gasteiger partial charge in [-0.2, -0.15) is 0 Å². The van der Waals surface area contributed by atoms with Crippen molar-refractivity contribution in [3.05, 3.63) is 32.9 Å². The van der Waals surface area contributed by atoms with Gasteiger partial charge in [0.2, 0.25) is 0 Å². The van der Waals surface area contributed by atoms with Crippen molar-refractivity contribution in [2.75, 3.05) is 0 Å². The number of hydrogen-bond acceptors (Lipinski definition) is 1. The Morgan fingerprint density at radius 3 is 2.91 bits per heavy atom. The third kappa shape index (κ3) is 1.68. The summed E-state index contributed by atoms with van der Waals surface area (Å²) in [5.74, 6) is -0.404. The van der Waals surface area contributed by atoms with Crippen LogP contribution in [0.25, 0.3) is 0 Å². The molecule has 0 fully saturated rings. The van der Waals surface area contributed by atoms with Crippen LogP contribution in [0.5, 0.6) is 0 Å². The average Bonchev–Trinajstić information content (AvgIpc) is 1.96. The van der Waals surface area contributed by atoms with Gasteiger partial charge in [0.05, 0.1) is 4.47 Å². The van der Waals surface area contributed by atoms with Crippen molar-refractivity contribution in [1.29, 1.82) is 0 Å². The van der Waals surface area contributed by atoms with Crippen molar-refractivity contribution >= 4 is 15.9 Å². The lowest BCUT2D eigenvalue weighted by Crippen LogP contribution is -2.19. The van der Waals surface area contributed by atoms with Crippen molar-refractivity contribution in [3.63, 3.8) is 0 Å². The van der Waals surface area contributed by atoms with Crippen LogP contribution in [-0.2, 0) is 6.54 Å². The maximum absolute atomic E-state index is 12.6. The van der Waals surface area contributed by atoms with Crippen LogP contribution in [-0.4, -0.2) is 4.57 Å². The standard InChI is InChI=1S/C7H7BrFNO/c1-2-10-4-5(9)3-6(8)7(10)11/h3-4H,2H2,1H3. The Hall–Kier alpha value is -0.640. The van der Waals surface area contributed by atoms with E-state index in [2.05, 4.69) is 15.9 Å². The van der Waals surface area contributed by atoms with Crippen LogP contribution >= 0.6 is 15.9 Å². The Morgan fingerprint density at radius 2 is 2.36 bits per heavy atom. The zero-order valence-electron chi connectivity index (χ0n) is 5.97. The third-order valence-corrected chi connectivity index (χ3v) is 1.92. The molecule has 0 saturated heterocycles. The van der Waals surface area contributed by atoms with E-state index in [0.717, 1.165) is 6.07 Å². The van der Waals surface area contributed by atoms with E-state index in [-0.39, 0.29) is 10.0 Å². The number of aromatic nitrogens is 1. The first-order valence-corrected chi connectivity index (χ1v) is 4.00. The van der Waals surface area contributed by atoms with E-state index >= 15 is 0 Å². The molecular weight excluding hydrogens is 213 g/mol. The summed E-state index contributed by atoms with van der Waals surface area (Å²) in [5.41, 5.74) is -0.200. The first kappa shape index (κ1) is 8.46. The van der Waals surface area contributed by atoms with Crippen LogP contribution < -0.4 is 5.56 Å². The molecule has 0 atom stereocenters. The zero-order valence-corrected chi connectivity index (χ0v) is 7.56. The minimum absolute atomic E-state index is 0.200. The lowest BCUT2D eigenvalue weighted by Gasteiger charge is -2.00. The fourth-order valence-electron chi connectivity index (χ4n) is 0.800. The highest BCUT2D eigenvalue weighted by atomic mass is 79.9. The maximum Gasteiger partial charge on any atom is 0.265 e. The highest BCUT2D eigenvalue weighted by Crippen LogP contribution is 2.04. The Balaban J connectivity index is 3.37. The summed E-state index contributed by atoms with van der Waals surface area (Å²) in [7, 11) is 0. The molecule has 1 aromatic heterocycles. The summed E-state index contributed by atoms with van der Waals surface area (Å²) < 4.78 is 14.2. The molecule has 0 aliphatic carbocycles. The van der Waals surface area contributed by atoms with Gasteiger partial charge in [0, 0.05) is 12.7 Å². The van der Waals surface area contributed by atoms with E-state index in [1.165, 1.54) is 10.8 Å². The third-order valence-electron chi connectivity index (χ3n) is 1.35. The van der Waals surface area contributed by atoms with E-state index in [9.17, 15) is 9.18 Å². The molecule has 1 aromatic rings. The monoisotopic (exact) mass is 219 g/mol. The van der Waals surface area contributed by atoms with E-state index in [1.807, 2.05) is 0 Å². The van der Waals surface area contributed by atoms with Gasteiger partial charge in [-0.05, 0) is 28.9 Å². The van der Waals surface area contributed by atoms with Crippen LogP contribution in [0.3, 0.4) is 0 Å². The first-order chi connectivity index (χ1) is 5.15. The number of hydrogen-bond donors (Lipinski definition) is 0. The summed E-state index contributed by atoms with van der Waals surface area (Å²) in [6.45, 7) is 2.27. The molecule has 0 radical (unpaired) electrons. The largest absolute Gasteiger partial charge is 0.312 e.